The van der Waals surface area contributed by atoms with Gasteiger partial charge in [0.05, 0.1) is 15.7 Å². The highest BCUT2D eigenvalue weighted by Crippen LogP contribution is 2.26. The molecule has 0 radical (unpaired) electrons. The first-order valence-corrected chi connectivity index (χ1v) is 6.43. The predicted octanol–water partition coefficient (Wildman–Crippen LogP) is 2.17. The Labute approximate surface area is 123 Å². The van der Waals surface area contributed by atoms with E-state index in [1.54, 1.807) is 12.1 Å². The summed E-state index contributed by atoms with van der Waals surface area (Å²) < 4.78 is 18.9. The standard InChI is InChI=1S/C13H11BrFN3O2/c14-11-5-9(15)2-4-12(11)20-7-10-3-1-8(6-17-10)13(19)18-16/h1-6H,7,16H2,(H,18,19). The van der Waals surface area contributed by atoms with Gasteiger partial charge in [0.2, 0.25) is 0 Å². The molecule has 1 heterocycles. The van der Waals surface area contributed by atoms with Crippen molar-refractivity contribution in [3.05, 3.63) is 58.1 Å². The van der Waals surface area contributed by atoms with E-state index < -0.39 is 5.91 Å². The Morgan fingerprint density at radius 3 is 2.80 bits per heavy atom. The molecule has 0 spiro atoms. The van der Waals surface area contributed by atoms with Crippen molar-refractivity contribution in [2.75, 3.05) is 0 Å². The SMILES string of the molecule is NNC(=O)c1ccc(COc2ccc(F)cc2Br)nc1. The molecular formula is C13H11BrFN3O2. The number of amides is 1. The predicted molar refractivity (Wildman–Crippen MR) is 74.3 cm³/mol. The van der Waals surface area contributed by atoms with E-state index in [2.05, 4.69) is 20.9 Å². The topological polar surface area (TPSA) is 77.2 Å². The fourth-order valence-corrected chi connectivity index (χ4v) is 1.94. The van der Waals surface area contributed by atoms with Crippen molar-refractivity contribution in [1.29, 1.82) is 0 Å². The molecule has 0 aliphatic rings. The molecule has 0 unspecified atom stereocenters. The largest absolute Gasteiger partial charge is 0.486 e. The summed E-state index contributed by atoms with van der Waals surface area (Å²) in [6.45, 7) is 0.203. The minimum absolute atomic E-state index is 0.203. The number of nitrogens with one attached hydrogen (secondary N) is 1. The Bertz CT molecular complexity index is 620. The lowest BCUT2D eigenvalue weighted by atomic mass is 10.2. The smallest absolute Gasteiger partial charge is 0.266 e. The fraction of sp³-hybridized carbons (Fsp3) is 0.0769. The summed E-state index contributed by atoms with van der Waals surface area (Å²) in [6.07, 6.45) is 1.40. The van der Waals surface area contributed by atoms with Gasteiger partial charge in [-0.1, -0.05) is 0 Å². The van der Waals surface area contributed by atoms with Crippen LogP contribution in [0.15, 0.2) is 41.0 Å². The van der Waals surface area contributed by atoms with Gasteiger partial charge in [0.15, 0.2) is 0 Å². The van der Waals surface area contributed by atoms with E-state index in [1.165, 1.54) is 24.4 Å². The number of ether oxygens (including phenoxy) is 1. The number of pyridine rings is 1. The summed E-state index contributed by atoms with van der Waals surface area (Å²) in [7, 11) is 0. The average Bonchev–Trinajstić information content (AvgIpc) is 2.46. The Morgan fingerprint density at radius 1 is 1.40 bits per heavy atom. The summed E-state index contributed by atoms with van der Waals surface area (Å²) >= 11 is 3.21. The average molecular weight is 340 g/mol. The zero-order chi connectivity index (χ0) is 14.5. The molecule has 2 aromatic rings. The van der Waals surface area contributed by atoms with Crippen molar-refractivity contribution in [2.45, 2.75) is 6.61 Å². The first kappa shape index (κ1) is 14.4. The number of halogens is 2. The summed E-state index contributed by atoms with van der Waals surface area (Å²) in [6, 6.07) is 7.39. The molecule has 0 saturated heterocycles. The Morgan fingerprint density at radius 2 is 2.20 bits per heavy atom. The second kappa shape index (κ2) is 6.44. The van der Waals surface area contributed by atoms with Crippen LogP contribution in [0.5, 0.6) is 5.75 Å². The van der Waals surface area contributed by atoms with E-state index in [1.807, 2.05) is 5.43 Å². The van der Waals surface area contributed by atoms with Gasteiger partial charge in [-0.15, -0.1) is 0 Å². The number of rotatable bonds is 4. The molecule has 2 rings (SSSR count). The molecule has 1 aromatic heterocycles. The van der Waals surface area contributed by atoms with Crippen LogP contribution >= 0.6 is 15.9 Å². The molecule has 104 valence electrons. The molecular weight excluding hydrogens is 329 g/mol. The second-order valence-corrected chi connectivity index (χ2v) is 4.73. The van der Waals surface area contributed by atoms with Gasteiger partial charge >= 0.3 is 0 Å². The monoisotopic (exact) mass is 339 g/mol. The zero-order valence-electron chi connectivity index (χ0n) is 10.3. The molecule has 0 aliphatic heterocycles. The molecule has 3 N–H and O–H groups in total. The number of benzene rings is 1. The Balaban J connectivity index is 2.02. The van der Waals surface area contributed by atoms with Crippen LogP contribution in [-0.4, -0.2) is 10.9 Å². The van der Waals surface area contributed by atoms with E-state index in [9.17, 15) is 9.18 Å². The van der Waals surface area contributed by atoms with Crippen molar-refractivity contribution in [3.8, 4) is 5.75 Å². The van der Waals surface area contributed by atoms with Gasteiger partial charge in [0.1, 0.15) is 18.2 Å². The van der Waals surface area contributed by atoms with Gasteiger partial charge < -0.3 is 4.74 Å². The van der Waals surface area contributed by atoms with Gasteiger partial charge in [-0.25, -0.2) is 10.2 Å². The van der Waals surface area contributed by atoms with Crippen LogP contribution in [0.1, 0.15) is 16.1 Å². The molecule has 0 fully saturated rings. The van der Waals surface area contributed by atoms with Crippen LogP contribution in [-0.2, 0) is 6.61 Å². The van der Waals surface area contributed by atoms with Gasteiger partial charge in [0, 0.05) is 6.20 Å². The number of hydrogen-bond acceptors (Lipinski definition) is 4. The number of carbonyl (C=O) groups is 1. The number of nitrogens with zero attached hydrogens (tertiary/aromatic N) is 1. The maximum Gasteiger partial charge on any atom is 0.266 e. The quantitative estimate of drug-likeness (QED) is 0.508. The van der Waals surface area contributed by atoms with Crippen molar-refractivity contribution in [2.24, 2.45) is 5.84 Å². The van der Waals surface area contributed by atoms with E-state index in [-0.39, 0.29) is 12.4 Å². The summed E-state index contributed by atoms with van der Waals surface area (Å²) in [4.78, 5) is 15.3. The van der Waals surface area contributed by atoms with E-state index >= 15 is 0 Å². The van der Waals surface area contributed by atoms with Crippen LogP contribution < -0.4 is 16.0 Å². The highest BCUT2D eigenvalue weighted by molar-refractivity contribution is 9.10. The Hall–Kier alpha value is -1.99. The van der Waals surface area contributed by atoms with Crippen LogP contribution in [0.3, 0.4) is 0 Å². The fourth-order valence-electron chi connectivity index (χ4n) is 1.47. The molecule has 20 heavy (non-hydrogen) atoms. The van der Waals surface area contributed by atoms with Crippen LogP contribution in [0.2, 0.25) is 0 Å². The minimum Gasteiger partial charge on any atom is -0.486 e. The van der Waals surface area contributed by atoms with Crippen LogP contribution in [0.4, 0.5) is 4.39 Å². The first-order chi connectivity index (χ1) is 9.60. The lowest BCUT2D eigenvalue weighted by Crippen LogP contribution is -2.30. The van der Waals surface area contributed by atoms with Gasteiger partial charge in [-0.2, -0.15) is 0 Å². The molecule has 0 atom stereocenters. The maximum absolute atomic E-state index is 12.9. The Kier molecular flexibility index (Phi) is 4.65. The van der Waals surface area contributed by atoms with Gasteiger partial charge in [-0.05, 0) is 46.3 Å². The molecule has 0 bridgehead atoms. The third-order valence-electron chi connectivity index (χ3n) is 2.49. The van der Waals surface area contributed by atoms with Crippen LogP contribution in [0.25, 0.3) is 0 Å². The molecule has 7 heteroatoms. The van der Waals surface area contributed by atoms with E-state index in [0.29, 0.717) is 21.5 Å². The molecule has 0 aliphatic carbocycles. The lowest BCUT2D eigenvalue weighted by Gasteiger charge is -2.08. The van der Waals surface area contributed by atoms with Crippen molar-refractivity contribution >= 4 is 21.8 Å². The number of aromatic nitrogens is 1. The third kappa shape index (κ3) is 3.52. The van der Waals surface area contributed by atoms with Gasteiger partial charge in [-0.3, -0.25) is 15.2 Å². The summed E-state index contributed by atoms with van der Waals surface area (Å²) in [5, 5.41) is 0. The van der Waals surface area contributed by atoms with E-state index in [4.69, 9.17) is 10.6 Å². The van der Waals surface area contributed by atoms with Crippen molar-refractivity contribution in [1.82, 2.24) is 10.4 Å². The minimum atomic E-state index is -0.411. The van der Waals surface area contributed by atoms with E-state index in [0.717, 1.165) is 0 Å². The third-order valence-corrected chi connectivity index (χ3v) is 3.11. The lowest BCUT2D eigenvalue weighted by molar-refractivity contribution is 0.0953. The molecule has 0 saturated carbocycles. The highest BCUT2D eigenvalue weighted by atomic mass is 79.9. The summed E-state index contributed by atoms with van der Waals surface area (Å²) in [5.41, 5.74) is 3.01. The molecule has 5 nitrogen and oxygen atoms in total. The second-order valence-electron chi connectivity index (χ2n) is 3.88. The van der Waals surface area contributed by atoms with Gasteiger partial charge in [0.25, 0.3) is 5.91 Å². The number of nitrogens with two attached hydrogens (primary N) is 1. The normalized spacial score (nSPS) is 10.2. The number of hydrogen-bond donors (Lipinski definition) is 2. The van der Waals surface area contributed by atoms with Crippen molar-refractivity contribution < 1.29 is 13.9 Å². The summed E-state index contributed by atoms with van der Waals surface area (Å²) in [5.74, 6) is 4.77. The molecule has 1 amide bonds. The first-order valence-electron chi connectivity index (χ1n) is 5.64. The molecule has 1 aromatic carbocycles. The maximum atomic E-state index is 12.9. The number of nitrogen functional groups attached to an aromatic ring is 1. The van der Waals surface area contributed by atoms with Crippen LogP contribution in [0, 0.1) is 5.82 Å². The number of hydrazine groups is 1. The number of carbonyl (C=O) groups excluding carboxylic acids is 1. The van der Waals surface area contributed by atoms with Crippen molar-refractivity contribution in [3.63, 3.8) is 0 Å². The highest BCUT2D eigenvalue weighted by Gasteiger charge is 2.06. The zero-order valence-corrected chi connectivity index (χ0v) is 11.9.